The average molecular weight is 496 g/mol. The topological polar surface area (TPSA) is 92.1 Å². The fraction of sp³-hybridized carbons (Fsp3) is 0.444. The number of unbranched alkanes of at least 4 members (excludes halogenated alkanes) is 2. The van der Waals surface area contributed by atoms with Gasteiger partial charge < -0.3 is 23.5 Å². The number of aromatic nitrogens is 2. The quantitative estimate of drug-likeness (QED) is 0.234. The lowest BCUT2D eigenvalue weighted by atomic mass is 9.88. The minimum atomic E-state index is -1.14. The number of hydrogen-bond donors (Lipinski definition) is 0. The number of esters is 1. The molecular formula is C27H33N3O6. The van der Waals surface area contributed by atoms with Crippen LogP contribution in [0.4, 0.5) is 5.95 Å². The first-order chi connectivity index (χ1) is 17.5. The second kappa shape index (κ2) is 10.9. The molecule has 0 spiro atoms. The zero-order chi connectivity index (χ0) is 25.8. The molecule has 0 bridgehead atoms. The van der Waals surface area contributed by atoms with Crippen molar-refractivity contribution in [1.82, 2.24) is 9.55 Å². The Morgan fingerprint density at radius 1 is 0.972 bits per heavy atom. The second-order valence-electron chi connectivity index (χ2n) is 8.59. The lowest BCUT2D eigenvalue weighted by Gasteiger charge is -2.38. The van der Waals surface area contributed by atoms with Crippen molar-refractivity contribution >= 4 is 28.9 Å². The minimum absolute atomic E-state index is 0.159. The lowest BCUT2D eigenvalue weighted by Crippen LogP contribution is -2.50. The van der Waals surface area contributed by atoms with E-state index in [1.807, 2.05) is 28.8 Å². The van der Waals surface area contributed by atoms with Crippen molar-refractivity contribution in [2.75, 3.05) is 39.4 Å². The summed E-state index contributed by atoms with van der Waals surface area (Å²) in [6.45, 7) is 4.45. The van der Waals surface area contributed by atoms with E-state index in [2.05, 4.69) is 6.92 Å². The molecule has 36 heavy (non-hydrogen) atoms. The Bertz CT molecular complexity index is 1250. The zero-order valence-electron chi connectivity index (χ0n) is 21.4. The van der Waals surface area contributed by atoms with Crippen molar-refractivity contribution in [2.45, 2.75) is 39.2 Å². The van der Waals surface area contributed by atoms with E-state index in [-0.39, 0.29) is 12.5 Å². The second-order valence-corrected chi connectivity index (χ2v) is 8.59. The van der Waals surface area contributed by atoms with Crippen LogP contribution in [0.3, 0.4) is 0 Å². The summed E-state index contributed by atoms with van der Waals surface area (Å²) in [4.78, 5) is 33.9. The third kappa shape index (κ3) is 4.34. The molecule has 1 aliphatic heterocycles. The molecule has 0 fully saturated rings. The van der Waals surface area contributed by atoms with Gasteiger partial charge in [-0.05, 0) is 31.5 Å². The summed E-state index contributed by atoms with van der Waals surface area (Å²) in [7, 11) is 4.62. The Balaban J connectivity index is 2.02. The van der Waals surface area contributed by atoms with E-state index < -0.39 is 17.9 Å². The van der Waals surface area contributed by atoms with E-state index in [9.17, 15) is 9.59 Å². The van der Waals surface area contributed by atoms with E-state index in [0.29, 0.717) is 35.3 Å². The molecule has 2 unspecified atom stereocenters. The van der Waals surface area contributed by atoms with Crippen molar-refractivity contribution in [3.63, 3.8) is 0 Å². The molecule has 3 aromatic rings. The fourth-order valence-corrected chi connectivity index (χ4v) is 4.84. The predicted octanol–water partition coefficient (Wildman–Crippen LogP) is 4.37. The lowest BCUT2D eigenvalue weighted by molar-refractivity contribution is -0.153. The van der Waals surface area contributed by atoms with Crippen LogP contribution >= 0.6 is 0 Å². The Labute approximate surface area is 210 Å². The number of ether oxygens (including phenoxy) is 4. The van der Waals surface area contributed by atoms with Crippen molar-refractivity contribution in [2.24, 2.45) is 5.92 Å². The molecule has 0 saturated carbocycles. The van der Waals surface area contributed by atoms with Gasteiger partial charge >= 0.3 is 5.97 Å². The van der Waals surface area contributed by atoms with Gasteiger partial charge in [-0.15, -0.1) is 0 Å². The van der Waals surface area contributed by atoms with Crippen LogP contribution in [0, 0.1) is 5.92 Å². The zero-order valence-corrected chi connectivity index (χ0v) is 21.4. The molecule has 0 radical (unpaired) electrons. The normalized spacial score (nSPS) is 17.1. The van der Waals surface area contributed by atoms with Gasteiger partial charge in [0.05, 0.1) is 45.0 Å². The Morgan fingerprint density at radius 3 is 2.33 bits per heavy atom. The fourth-order valence-electron chi connectivity index (χ4n) is 4.84. The van der Waals surface area contributed by atoms with Gasteiger partial charge in [-0.3, -0.25) is 14.5 Å². The molecule has 2 aromatic carbocycles. The Morgan fingerprint density at radius 2 is 1.67 bits per heavy atom. The van der Waals surface area contributed by atoms with Crippen molar-refractivity contribution < 1.29 is 28.5 Å². The predicted molar refractivity (Wildman–Crippen MR) is 136 cm³/mol. The van der Waals surface area contributed by atoms with E-state index in [0.717, 1.165) is 30.3 Å². The monoisotopic (exact) mass is 495 g/mol. The molecule has 0 aliphatic carbocycles. The van der Waals surface area contributed by atoms with Crippen LogP contribution in [0.2, 0.25) is 0 Å². The summed E-state index contributed by atoms with van der Waals surface area (Å²) in [6.07, 6.45) is 2.76. The molecule has 2 heterocycles. The highest BCUT2D eigenvalue weighted by atomic mass is 16.5. The first kappa shape index (κ1) is 25.3. The third-order valence-corrected chi connectivity index (χ3v) is 6.52. The first-order valence-corrected chi connectivity index (χ1v) is 12.2. The van der Waals surface area contributed by atoms with Gasteiger partial charge in [-0.25, -0.2) is 4.98 Å². The van der Waals surface area contributed by atoms with Crippen LogP contribution in [-0.2, 0) is 14.3 Å². The maximum Gasteiger partial charge on any atom is 0.321 e. The highest BCUT2D eigenvalue weighted by Gasteiger charge is 2.48. The van der Waals surface area contributed by atoms with Crippen LogP contribution in [0.1, 0.15) is 44.7 Å². The first-order valence-electron chi connectivity index (χ1n) is 12.2. The number of anilines is 1. The summed E-state index contributed by atoms with van der Waals surface area (Å²) in [5, 5.41) is 0. The highest BCUT2D eigenvalue weighted by molar-refractivity contribution is 6.08. The number of benzene rings is 2. The standard InChI is InChI=1S/C27H33N3O6/c1-6-8-11-14-29-25(31)23(26(32)36-7-2)24(30-19-13-10-9-12-18(19)28-27(29)30)17-15-21(34-4)22(35-5)16-20(17)33-3/h9-10,12-13,15-16,23-24H,6-8,11,14H2,1-5H3. The molecule has 192 valence electrons. The molecule has 1 aromatic heterocycles. The number of fused-ring (bicyclic) bond motifs is 3. The average Bonchev–Trinajstić information content (AvgIpc) is 3.28. The molecule has 9 heteroatoms. The summed E-state index contributed by atoms with van der Waals surface area (Å²) in [5.74, 6) is -0.168. The third-order valence-electron chi connectivity index (χ3n) is 6.52. The summed E-state index contributed by atoms with van der Waals surface area (Å²) < 4.78 is 24.1. The molecule has 0 saturated heterocycles. The van der Waals surface area contributed by atoms with Gasteiger partial charge in [-0.2, -0.15) is 0 Å². The molecule has 9 nitrogen and oxygen atoms in total. The van der Waals surface area contributed by atoms with E-state index in [4.69, 9.17) is 23.9 Å². The molecular weight excluding hydrogens is 462 g/mol. The number of imidazole rings is 1. The van der Waals surface area contributed by atoms with Crippen LogP contribution in [0.15, 0.2) is 36.4 Å². The largest absolute Gasteiger partial charge is 0.496 e. The number of para-hydroxylation sites is 2. The van der Waals surface area contributed by atoms with E-state index in [1.165, 1.54) is 14.2 Å². The molecule has 4 rings (SSSR count). The summed E-state index contributed by atoms with van der Waals surface area (Å²) in [5.41, 5.74) is 2.13. The van der Waals surface area contributed by atoms with Crippen LogP contribution in [-0.4, -0.2) is 55.9 Å². The summed E-state index contributed by atoms with van der Waals surface area (Å²) in [6, 6.07) is 10.3. The minimum Gasteiger partial charge on any atom is -0.496 e. The van der Waals surface area contributed by atoms with Gasteiger partial charge in [-0.1, -0.05) is 31.9 Å². The highest BCUT2D eigenvalue weighted by Crippen LogP contribution is 2.47. The molecule has 2 atom stereocenters. The van der Waals surface area contributed by atoms with Gasteiger partial charge in [0.1, 0.15) is 5.75 Å². The van der Waals surface area contributed by atoms with Crippen molar-refractivity contribution in [3.8, 4) is 17.2 Å². The number of hydrogen-bond acceptors (Lipinski definition) is 7. The van der Waals surface area contributed by atoms with Crippen molar-refractivity contribution in [1.29, 1.82) is 0 Å². The maximum atomic E-state index is 14.0. The molecule has 0 N–H and O–H groups in total. The number of nitrogens with zero attached hydrogens (tertiary/aromatic N) is 3. The Hall–Kier alpha value is -3.75. The number of methoxy groups -OCH3 is 3. The van der Waals surface area contributed by atoms with Gasteiger partial charge in [0.25, 0.3) is 0 Å². The number of carbonyl (C=O) groups excluding carboxylic acids is 2. The molecule has 1 aliphatic rings. The number of carbonyl (C=O) groups is 2. The van der Waals surface area contributed by atoms with Crippen LogP contribution in [0.5, 0.6) is 17.2 Å². The van der Waals surface area contributed by atoms with Crippen LogP contribution in [0.25, 0.3) is 11.0 Å². The SMILES string of the molecule is CCCCCN1C(=O)C(C(=O)OCC)C(c2cc(OC)c(OC)cc2OC)n2c1nc1ccccc12. The number of rotatable bonds is 10. The smallest absolute Gasteiger partial charge is 0.321 e. The van der Waals surface area contributed by atoms with E-state index in [1.54, 1.807) is 31.1 Å². The van der Waals surface area contributed by atoms with E-state index >= 15 is 0 Å². The number of amides is 1. The van der Waals surface area contributed by atoms with Gasteiger partial charge in [0.15, 0.2) is 17.4 Å². The van der Waals surface area contributed by atoms with Crippen molar-refractivity contribution in [3.05, 3.63) is 42.0 Å². The summed E-state index contributed by atoms with van der Waals surface area (Å²) >= 11 is 0. The Kier molecular flexibility index (Phi) is 7.67. The van der Waals surface area contributed by atoms with Gasteiger partial charge in [0, 0.05) is 18.2 Å². The van der Waals surface area contributed by atoms with Crippen LogP contribution < -0.4 is 19.1 Å². The maximum absolute atomic E-state index is 14.0. The molecule has 1 amide bonds. The van der Waals surface area contributed by atoms with Gasteiger partial charge in [0.2, 0.25) is 11.9 Å².